The highest BCUT2D eigenvalue weighted by molar-refractivity contribution is 9.10. The zero-order valence-electron chi connectivity index (χ0n) is 51.4. The Labute approximate surface area is 554 Å². The number of ether oxygens (including phenoxy) is 4. The average Bonchev–Trinajstić information content (AvgIpc) is 1.97. The van der Waals surface area contributed by atoms with Crippen molar-refractivity contribution in [3.05, 3.63) is 270 Å². The van der Waals surface area contributed by atoms with Gasteiger partial charge in [-0.25, -0.2) is 4.98 Å². The summed E-state index contributed by atoms with van der Waals surface area (Å²) >= 11 is 14.1. The molecule has 5 heterocycles. The minimum atomic E-state index is -0.668. The second-order valence-corrected chi connectivity index (χ2v) is 20.2. The Morgan fingerprint density at radius 3 is 1.26 bits per heavy atom. The summed E-state index contributed by atoms with van der Waals surface area (Å²) in [7, 11) is 0. The number of benzene rings is 5. The van der Waals surface area contributed by atoms with E-state index in [1.54, 1.807) is 27.7 Å². The molecule has 0 spiro atoms. The molecule has 27 heteroatoms. The summed E-state index contributed by atoms with van der Waals surface area (Å²) in [5.41, 5.74) is 18.5. The number of Topliss-reactive ketones (excluding diaryl/α,β-unsaturated/α-hetero) is 1. The number of nitrogen functional groups attached to an aromatic ring is 1. The number of nitrogens with zero attached hydrogens (tertiary/aromatic N) is 9. The van der Waals surface area contributed by atoms with Gasteiger partial charge in [0.15, 0.2) is 28.1 Å². The molecule has 7 N–H and O–H groups in total. The topological polar surface area (TPSA) is 330 Å². The van der Waals surface area contributed by atoms with E-state index in [4.69, 9.17) is 73.4 Å². The fraction of sp³-hybridized carbons (Fsp3) is 0.197. The van der Waals surface area contributed by atoms with Gasteiger partial charge in [-0.2, -0.15) is 28.7 Å². The summed E-state index contributed by atoms with van der Waals surface area (Å²) in [4.78, 5) is 75.9. The zero-order valence-corrected chi connectivity index (χ0v) is 54.5. The normalized spacial score (nSPS) is 10.0. The molecule has 10 rings (SSSR count). The molecule has 0 fully saturated rings. The number of H-pyrrole nitrogens is 1. The van der Waals surface area contributed by atoms with Crippen LogP contribution in [0, 0.1) is 46.5 Å². The number of aliphatic hydroxyl groups is 2. The maximum Gasteiger partial charge on any atom is 0.270 e. The Balaban J connectivity index is 0.000000286. The number of aromatic nitrogens is 10. The molecule has 5 aromatic heterocycles. The van der Waals surface area contributed by atoms with Crippen LogP contribution in [0.2, 0.25) is 10.3 Å². The number of aliphatic hydroxyl groups excluding tert-OH is 2. The Bertz CT molecular complexity index is 3630. The molecule has 5 aromatic carbocycles. The van der Waals surface area contributed by atoms with Gasteiger partial charge < -0.3 is 45.6 Å². The van der Waals surface area contributed by atoms with Gasteiger partial charge in [-0.05, 0) is 85.3 Å². The summed E-state index contributed by atoms with van der Waals surface area (Å²) in [5, 5.41) is 17.2. The van der Waals surface area contributed by atoms with E-state index in [9.17, 15) is 18.4 Å². The van der Waals surface area contributed by atoms with Gasteiger partial charge in [0.1, 0.15) is 55.4 Å². The number of aldehydes is 2. The average molecular weight is 1380 g/mol. The van der Waals surface area contributed by atoms with Crippen molar-refractivity contribution in [3.63, 3.8) is 0 Å². The van der Waals surface area contributed by atoms with Crippen molar-refractivity contribution in [2.75, 3.05) is 12.3 Å². The SMILES string of the molecule is CC(N)C(=O)CO.Cc1nc(Br)c(F)nc1OCc1ccccc1.Cc1ncc(Cl)[nH]c1=O.Cc1ncc(Cl)nc1OCc1ccccc1.Cc1ncc(F)nc1OCc1ccccc1.Cc1ncc(N)nc1OCc1ccccc1.O=CC=O.OCc1ccccc1. The Morgan fingerprint density at radius 2 is 0.903 bits per heavy atom. The van der Waals surface area contributed by atoms with E-state index in [1.807, 2.05) is 166 Å². The van der Waals surface area contributed by atoms with Crippen LogP contribution in [0.3, 0.4) is 0 Å². The molecule has 22 nitrogen and oxygen atoms in total. The minimum Gasteiger partial charge on any atom is -0.471 e. The van der Waals surface area contributed by atoms with Crippen LogP contribution in [-0.4, -0.2) is 91.1 Å². The van der Waals surface area contributed by atoms with Crippen LogP contribution in [0.5, 0.6) is 23.5 Å². The van der Waals surface area contributed by atoms with Crippen molar-refractivity contribution in [2.24, 2.45) is 5.73 Å². The van der Waals surface area contributed by atoms with E-state index in [2.05, 4.69) is 65.8 Å². The van der Waals surface area contributed by atoms with E-state index in [-0.39, 0.29) is 52.0 Å². The van der Waals surface area contributed by atoms with Gasteiger partial charge in [-0.15, -0.1) is 0 Å². The van der Waals surface area contributed by atoms with E-state index in [0.717, 1.165) is 45.4 Å². The standard InChI is InChI=1S/C12H10BrFN2O.C12H11ClN2O.C12H11FN2O.C12H13N3O.C7H8O.C5H5ClN2O.C4H9NO2.C2H2O2/c1-8-12(16-11(14)10(13)15-8)17-7-9-5-3-2-4-6-9;3*1-9-12(15-11(13)7-14-9)16-8-10-5-3-2-4-6-10;8-6-7-4-2-1-3-5-7;1-3-5(9)8-4(6)2-7-3;1-3(5)4(7)2-6;3-1-2-4/h2-6H,7H2,1H3;2*2-7H,8H2,1H3;2-7H,8H2,1H3,(H2,13,15);1-5,8H,6H2;2H,1H3,(H,8,9);3,6H,2,5H2,1H3;1-2H. The van der Waals surface area contributed by atoms with Crippen LogP contribution >= 0.6 is 39.1 Å². The number of hydrogen-bond acceptors (Lipinski definition) is 21. The van der Waals surface area contributed by atoms with Crippen LogP contribution in [0.25, 0.3) is 0 Å². The second-order valence-electron chi connectivity index (χ2n) is 18.6. The lowest BCUT2D eigenvalue weighted by molar-refractivity contribution is -0.122. The predicted octanol–water partition coefficient (Wildman–Crippen LogP) is 10.9. The first-order chi connectivity index (χ1) is 44.7. The molecule has 0 saturated heterocycles. The largest absolute Gasteiger partial charge is 0.471 e. The van der Waals surface area contributed by atoms with Crippen LogP contribution in [0.4, 0.5) is 14.6 Å². The predicted molar refractivity (Wildman–Crippen MR) is 352 cm³/mol. The molecule has 0 radical (unpaired) electrons. The number of aryl methyl sites for hydroxylation is 5. The van der Waals surface area contributed by atoms with Crippen molar-refractivity contribution in [1.82, 2.24) is 49.8 Å². The monoisotopic (exact) mass is 1380 g/mol. The highest BCUT2D eigenvalue weighted by Gasteiger charge is 2.11. The maximum absolute atomic E-state index is 13.2. The number of aromatic amines is 1. The van der Waals surface area contributed by atoms with Crippen molar-refractivity contribution < 1.29 is 52.3 Å². The minimum absolute atomic E-state index is 0.0991. The fourth-order valence-corrected chi connectivity index (χ4v) is 6.96. The van der Waals surface area contributed by atoms with E-state index >= 15 is 0 Å². The smallest absolute Gasteiger partial charge is 0.270 e. The highest BCUT2D eigenvalue weighted by atomic mass is 79.9. The highest BCUT2D eigenvalue weighted by Crippen LogP contribution is 2.21. The summed E-state index contributed by atoms with van der Waals surface area (Å²) in [6.45, 7) is 11.6. The Kier molecular flexibility index (Phi) is 37.1. The Hall–Kier alpha value is -9.89. The summed E-state index contributed by atoms with van der Waals surface area (Å²) in [5.74, 6) is 0.180. The zero-order chi connectivity index (χ0) is 68.3. The molecule has 0 bridgehead atoms. The van der Waals surface area contributed by atoms with Crippen LogP contribution in [0.15, 0.2) is 186 Å². The number of nitrogens with two attached hydrogens (primary N) is 2. The maximum atomic E-state index is 13.2. The number of carbonyl (C=O) groups is 3. The van der Waals surface area contributed by atoms with Gasteiger partial charge in [0.2, 0.25) is 35.4 Å². The molecule has 0 aliphatic rings. The second kappa shape index (κ2) is 44.6. The molecule has 488 valence electrons. The lowest BCUT2D eigenvalue weighted by Gasteiger charge is -2.07. The summed E-state index contributed by atoms with van der Waals surface area (Å²) in [6.07, 6.45) is 5.89. The lowest BCUT2D eigenvalue weighted by atomic mass is 10.2. The third-order valence-corrected chi connectivity index (χ3v) is 12.1. The third kappa shape index (κ3) is 32.6. The van der Waals surface area contributed by atoms with Crippen molar-refractivity contribution in [3.8, 4) is 23.5 Å². The number of ketones is 1. The molecule has 0 saturated carbocycles. The summed E-state index contributed by atoms with van der Waals surface area (Å²) in [6, 6.07) is 48.0. The van der Waals surface area contributed by atoms with Crippen molar-refractivity contribution in [1.29, 1.82) is 0 Å². The molecule has 93 heavy (non-hydrogen) atoms. The van der Waals surface area contributed by atoms with Gasteiger partial charge in [-0.1, -0.05) is 175 Å². The van der Waals surface area contributed by atoms with E-state index in [0.29, 0.717) is 66.2 Å². The fourth-order valence-electron chi connectivity index (χ4n) is 6.35. The summed E-state index contributed by atoms with van der Waals surface area (Å²) < 4.78 is 48.0. The molecule has 0 aliphatic carbocycles. The van der Waals surface area contributed by atoms with Gasteiger partial charge in [-0.3, -0.25) is 39.1 Å². The molecular weight excluding hydrogens is 1310 g/mol. The molecule has 10 aromatic rings. The quantitative estimate of drug-likeness (QED) is 0.0443. The molecule has 0 amide bonds. The third-order valence-electron chi connectivity index (χ3n) is 11.2. The van der Waals surface area contributed by atoms with Crippen LogP contribution < -0.4 is 36.0 Å². The molecular formula is C66H69BrCl2F2N12O10. The van der Waals surface area contributed by atoms with Crippen molar-refractivity contribution in [2.45, 2.75) is 80.6 Å². The van der Waals surface area contributed by atoms with Crippen molar-refractivity contribution >= 4 is 63.3 Å². The lowest BCUT2D eigenvalue weighted by Crippen LogP contribution is -2.28. The molecule has 1 atom stereocenters. The van der Waals surface area contributed by atoms with Gasteiger partial charge >= 0.3 is 0 Å². The number of carbonyl (C=O) groups excluding carboxylic acids is 3. The number of nitrogens with one attached hydrogen (secondary N) is 1. The van der Waals surface area contributed by atoms with Gasteiger partial charge in [0.25, 0.3) is 5.56 Å². The van der Waals surface area contributed by atoms with Gasteiger partial charge in [0.05, 0.1) is 54.5 Å². The van der Waals surface area contributed by atoms with Crippen LogP contribution in [0.1, 0.15) is 63.2 Å². The van der Waals surface area contributed by atoms with E-state index in [1.165, 1.54) is 18.6 Å². The number of hydrogen-bond donors (Lipinski definition) is 5. The van der Waals surface area contributed by atoms with E-state index < -0.39 is 24.5 Å². The first-order valence-corrected chi connectivity index (χ1v) is 29.3. The molecule has 0 aliphatic heterocycles. The Morgan fingerprint density at radius 1 is 0.538 bits per heavy atom. The first-order valence-electron chi connectivity index (χ1n) is 27.7. The first kappa shape index (κ1) is 77.4. The van der Waals surface area contributed by atoms with Gasteiger partial charge in [0, 0.05) is 0 Å². The number of rotatable bonds is 16. The molecule has 1 unspecified atom stereocenters. The number of halogens is 5. The van der Waals surface area contributed by atoms with Crippen LogP contribution in [-0.2, 0) is 47.4 Å². The number of anilines is 1.